The summed E-state index contributed by atoms with van der Waals surface area (Å²) in [6, 6.07) is 10.6. The van der Waals surface area contributed by atoms with E-state index in [0.717, 1.165) is 11.3 Å². The Morgan fingerprint density at radius 2 is 1.93 bits per heavy atom. The Labute approximate surface area is 164 Å². The van der Waals surface area contributed by atoms with Crippen molar-refractivity contribution in [1.82, 2.24) is 5.16 Å². The number of hydrogen-bond acceptors (Lipinski definition) is 6. The fourth-order valence-electron chi connectivity index (χ4n) is 2.82. The number of benzene rings is 2. The number of ether oxygens (including phenoxy) is 3. The van der Waals surface area contributed by atoms with Crippen molar-refractivity contribution in [3.8, 4) is 17.2 Å². The van der Waals surface area contributed by atoms with Crippen molar-refractivity contribution in [2.45, 2.75) is 26.7 Å². The number of amides is 1. The number of fused-ring (bicyclic) bond motifs is 1. The smallest absolute Gasteiger partial charge is 0.489 e. The maximum absolute atomic E-state index is 13.1. The molecule has 0 spiro atoms. The molecule has 2 heterocycles. The molecule has 1 N–H and O–H groups in total. The number of carbonyl (C=O) groups excluding carboxylic acids is 1. The van der Waals surface area contributed by atoms with Gasteiger partial charge in [-0.3, -0.25) is 4.79 Å². The van der Waals surface area contributed by atoms with Crippen molar-refractivity contribution in [3.05, 3.63) is 65.0 Å². The molecule has 150 valence electrons. The number of nitrogens with zero attached hydrogens (tertiary/aromatic N) is 1. The molecule has 0 bridgehead atoms. The van der Waals surface area contributed by atoms with Crippen LogP contribution in [0.25, 0.3) is 0 Å². The van der Waals surface area contributed by atoms with Crippen LogP contribution >= 0.6 is 0 Å². The Hall–Kier alpha value is -3.62. The van der Waals surface area contributed by atoms with Crippen LogP contribution in [0.4, 0.5) is 14.5 Å². The van der Waals surface area contributed by atoms with Crippen molar-refractivity contribution in [1.29, 1.82) is 0 Å². The molecule has 0 fully saturated rings. The Kier molecular flexibility index (Phi) is 4.57. The highest BCUT2D eigenvalue weighted by Crippen LogP contribution is 2.42. The van der Waals surface area contributed by atoms with E-state index in [2.05, 4.69) is 19.9 Å². The fraction of sp³-hybridized carbons (Fsp3) is 0.200. The molecule has 2 aromatic carbocycles. The van der Waals surface area contributed by atoms with Gasteiger partial charge in [0.15, 0.2) is 11.5 Å². The molecule has 0 saturated carbocycles. The summed E-state index contributed by atoms with van der Waals surface area (Å²) in [5.74, 6) is 0.484. The minimum Gasteiger partial charge on any atom is -0.489 e. The summed E-state index contributed by atoms with van der Waals surface area (Å²) in [5.41, 5.74) is 2.21. The summed E-state index contributed by atoms with van der Waals surface area (Å²) in [4.78, 5) is 12.5. The summed E-state index contributed by atoms with van der Waals surface area (Å²) in [6.45, 7) is 3.87. The van der Waals surface area contributed by atoms with Gasteiger partial charge in [-0.05, 0) is 44.2 Å². The maximum atomic E-state index is 13.1. The number of aryl methyl sites for hydroxylation is 2. The van der Waals surface area contributed by atoms with E-state index in [9.17, 15) is 13.6 Å². The third kappa shape index (κ3) is 3.98. The number of nitrogens with one attached hydrogen (secondary N) is 1. The van der Waals surface area contributed by atoms with Gasteiger partial charge in [0, 0.05) is 17.3 Å². The lowest BCUT2D eigenvalue weighted by molar-refractivity contribution is -0.286. The molecule has 7 nitrogen and oxygen atoms in total. The molecule has 1 amide bonds. The van der Waals surface area contributed by atoms with Gasteiger partial charge in [-0.15, -0.1) is 8.78 Å². The largest absolute Gasteiger partial charge is 0.586 e. The number of carbonyl (C=O) groups is 1. The zero-order valence-electron chi connectivity index (χ0n) is 15.5. The minimum atomic E-state index is -3.71. The fourth-order valence-corrected chi connectivity index (χ4v) is 2.82. The molecule has 9 heteroatoms. The molecule has 0 atom stereocenters. The average molecular weight is 402 g/mol. The van der Waals surface area contributed by atoms with Crippen LogP contribution in [0.2, 0.25) is 0 Å². The second-order valence-corrected chi connectivity index (χ2v) is 6.40. The average Bonchev–Trinajstić information content (AvgIpc) is 3.16. The molecule has 1 aliphatic heterocycles. The first kappa shape index (κ1) is 18.7. The van der Waals surface area contributed by atoms with Gasteiger partial charge in [0.05, 0.1) is 11.3 Å². The summed E-state index contributed by atoms with van der Waals surface area (Å²) in [5, 5.41) is 6.50. The van der Waals surface area contributed by atoms with Gasteiger partial charge in [-0.1, -0.05) is 11.2 Å². The van der Waals surface area contributed by atoms with Gasteiger partial charge in [0.1, 0.15) is 18.1 Å². The Morgan fingerprint density at radius 3 is 2.69 bits per heavy atom. The van der Waals surface area contributed by atoms with Crippen LogP contribution in [0, 0.1) is 13.8 Å². The van der Waals surface area contributed by atoms with Crippen LogP contribution in [0.15, 0.2) is 47.0 Å². The lowest BCUT2D eigenvalue weighted by Crippen LogP contribution is -2.25. The van der Waals surface area contributed by atoms with Crippen LogP contribution in [-0.4, -0.2) is 17.4 Å². The second-order valence-electron chi connectivity index (χ2n) is 6.40. The summed E-state index contributed by atoms with van der Waals surface area (Å²) in [6.07, 6.45) is -3.71. The lowest BCUT2D eigenvalue weighted by Gasteiger charge is -2.09. The van der Waals surface area contributed by atoms with Crippen LogP contribution in [-0.2, 0) is 6.61 Å². The van der Waals surface area contributed by atoms with Crippen molar-refractivity contribution < 1.29 is 32.3 Å². The topological polar surface area (TPSA) is 82.8 Å². The number of halogens is 2. The van der Waals surface area contributed by atoms with E-state index < -0.39 is 12.2 Å². The molecule has 0 saturated heterocycles. The summed E-state index contributed by atoms with van der Waals surface area (Å²) in [7, 11) is 0. The Bertz CT molecular complexity index is 1060. The van der Waals surface area contributed by atoms with Crippen LogP contribution in [0.5, 0.6) is 17.2 Å². The molecular formula is C20H16F2N2O5. The first-order valence-corrected chi connectivity index (χ1v) is 8.66. The highest BCUT2D eigenvalue weighted by molar-refractivity contribution is 6.04. The van der Waals surface area contributed by atoms with Gasteiger partial charge in [0.25, 0.3) is 5.91 Å². The quantitative estimate of drug-likeness (QED) is 0.679. The highest BCUT2D eigenvalue weighted by atomic mass is 19.3. The number of hydrogen-bond donors (Lipinski definition) is 1. The van der Waals surface area contributed by atoms with Crippen molar-refractivity contribution in [2.75, 3.05) is 5.32 Å². The monoisotopic (exact) mass is 402 g/mol. The number of alkyl halides is 2. The first-order chi connectivity index (χ1) is 13.8. The molecule has 0 aliphatic carbocycles. The zero-order chi connectivity index (χ0) is 20.6. The number of aromatic nitrogens is 1. The lowest BCUT2D eigenvalue weighted by atomic mass is 10.2. The predicted octanol–water partition coefficient (Wildman–Crippen LogP) is 4.44. The van der Waals surface area contributed by atoms with E-state index in [0.29, 0.717) is 17.1 Å². The van der Waals surface area contributed by atoms with Gasteiger partial charge < -0.3 is 24.1 Å². The summed E-state index contributed by atoms with van der Waals surface area (Å²) >= 11 is 0. The van der Waals surface area contributed by atoms with E-state index in [1.54, 1.807) is 31.2 Å². The van der Waals surface area contributed by atoms with Gasteiger partial charge in [-0.2, -0.15) is 0 Å². The molecule has 1 aromatic heterocycles. The molecule has 1 aliphatic rings. The van der Waals surface area contributed by atoms with E-state index in [1.807, 2.05) is 6.92 Å². The van der Waals surface area contributed by atoms with Crippen LogP contribution in [0.3, 0.4) is 0 Å². The first-order valence-electron chi connectivity index (χ1n) is 8.66. The third-order valence-electron chi connectivity index (χ3n) is 4.32. The molecular weight excluding hydrogens is 386 g/mol. The third-order valence-corrected chi connectivity index (χ3v) is 4.32. The van der Waals surface area contributed by atoms with Crippen molar-refractivity contribution in [3.63, 3.8) is 0 Å². The Morgan fingerprint density at radius 1 is 1.14 bits per heavy atom. The van der Waals surface area contributed by atoms with E-state index in [-0.39, 0.29) is 23.8 Å². The van der Waals surface area contributed by atoms with Gasteiger partial charge >= 0.3 is 6.29 Å². The van der Waals surface area contributed by atoms with E-state index in [4.69, 9.17) is 9.26 Å². The van der Waals surface area contributed by atoms with Crippen molar-refractivity contribution >= 4 is 11.6 Å². The number of anilines is 1. The van der Waals surface area contributed by atoms with Gasteiger partial charge in [0.2, 0.25) is 0 Å². The molecule has 0 unspecified atom stereocenters. The summed E-state index contributed by atoms with van der Waals surface area (Å²) < 4.78 is 45.8. The molecule has 0 radical (unpaired) electrons. The van der Waals surface area contributed by atoms with Gasteiger partial charge in [-0.25, -0.2) is 0 Å². The second kappa shape index (κ2) is 7.08. The zero-order valence-corrected chi connectivity index (χ0v) is 15.5. The SMILES string of the molecule is Cc1noc(C)c1COc1cccc(C(=O)Nc2ccc3c(c2)OC(F)(F)O3)c1. The molecule has 3 aromatic rings. The normalized spacial score (nSPS) is 13.9. The number of rotatable bonds is 5. The van der Waals surface area contributed by atoms with Crippen LogP contribution < -0.4 is 19.5 Å². The molecule has 29 heavy (non-hydrogen) atoms. The maximum Gasteiger partial charge on any atom is 0.586 e. The minimum absolute atomic E-state index is 0.0947. The highest BCUT2D eigenvalue weighted by Gasteiger charge is 2.43. The van der Waals surface area contributed by atoms with Crippen LogP contribution in [0.1, 0.15) is 27.4 Å². The molecule has 4 rings (SSSR count). The standard InChI is InChI=1S/C20H16F2N2O5/c1-11-16(12(2)29-24-11)10-26-15-5-3-4-13(8-15)19(25)23-14-6-7-17-18(9-14)28-20(21,22)27-17/h3-9H,10H2,1-2H3,(H,23,25). The van der Waals surface area contributed by atoms with E-state index in [1.165, 1.54) is 18.2 Å². The van der Waals surface area contributed by atoms with Crippen molar-refractivity contribution in [2.24, 2.45) is 0 Å². The van der Waals surface area contributed by atoms with E-state index >= 15 is 0 Å². The predicted molar refractivity (Wildman–Crippen MR) is 97.3 cm³/mol. The Balaban J connectivity index is 1.44.